The molecule has 2 fully saturated rings. The zero-order chi connectivity index (χ0) is 23.5. The summed E-state index contributed by atoms with van der Waals surface area (Å²) in [4.78, 5) is 33.1. The molecule has 1 saturated carbocycles. The van der Waals surface area contributed by atoms with Gasteiger partial charge in [-0.2, -0.15) is 0 Å². The molecule has 0 radical (unpaired) electrons. The van der Waals surface area contributed by atoms with E-state index >= 15 is 0 Å². The molecule has 1 aromatic carbocycles. The van der Waals surface area contributed by atoms with Crippen LogP contribution in [-0.2, 0) is 19.1 Å². The van der Waals surface area contributed by atoms with Crippen LogP contribution in [-0.4, -0.2) is 72.4 Å². The Bertz CT molecular complexity index is 973. The molecule has 1 aromatic rings. The lowest BCUT2D eigenvalue weighted by atomic mass is 9.83. The van der Waals surface area contributed by atoms with Gasteiger partial charge in [0.15, 0.2) is 5.84 Å². The summed E-state index contributed by atoms with van der Waals surface area (Å²) in [6, 6.07) is 9.80. The third kappa shape index (κ3) is 4.42. The summed E-state index contributed by atoms with van der Waals surface area (Å²) >= 11 is 0. The lowest BCUT2D eigenvalue weighted by Crippen LogP contribution is -2.56. The number of aliphatic imine (C=N–C) groups is 1. The average Bonchev–Trinajstić information content (AvgIpc) is 3.51. The quantitative estimate of drug-likeness (QED) is 0.636. The van der Waals surface area contributed by atoms with Gasteiger partial charge in [0.1, 0.15) is 5.60 Å². The van der Waals surface area contributed by atoms with E-state index in [1.165, 1.54) is 11.1 Å². The number of amidine groups is 1. The molecule has 182 valence electrons. The third-order valence-corrected chi connectivity index (χ3v) is 7.17. The van der Waals surface area contributed by atoms with Gasteiger partial charge in [-0.1, -0.05) is 49.6 Å². The largest absolute Gasteiger partial charge is 0.383 e. The molecular weight excluding hydrogens is 434 g/mol. The van der Waals surface area contributed by atoms with Gasteiger partial charge in [0, 0.05) is 31.0 Å². The molecular formula is C25H33N5O4. The summed E-state index contributed by atoms with van der Waals surface area (Å²) in [5.41, 5.74) is 3.78. The molecule has 2 N–H and O–H groups in total. The number of likely N-dealkylation sites (tertiary alicyclic amines) is 1. The maximum absolute atomic E-state index is 13.7. The normalized spacial score (nSPS) is 25.9. The second-order valence-electron chi connectivity index (χ2n) is 9.44. The second kappa shape index (κ2) is 9.76. The predicted octanol–water partition coefficient (Wildman–Crippen LogP) is 1.91. The Labute approximate surface area is 200 Å². The number of carbonyl (C=O) groups is 2. The Kier molecular flexibility index (Phi) is 6.56. The van der Waals surface area contributed by atoms with E-state index in [2.05, 4.69) is 15.7 Å². The van der Waals surface area contributed by atoms with Crippen LogP contribution in [0.15, 0.2) is 47.1 Å². The van der Waals surface area contributed by atoms with Crippen LogP contribution >= 0.6 is 0 Å². The highest BCUT2D eigenvalue weighted by Crippen LogP contribution is 2.36. The van der Waals surface area contributed by atoms with E-state index < -0.39 is 11.9 Å². The lowest BCUT2D eigenvalue weighted by molar-refractivity contribution is -0.164. The number of hydrogen-bond acceptors (Lipinski definition) is 7. The van der Waals surface area contributed by atoms with Crippen LogP contribution in [0.4, 0.5) is 0 Å². The first-order valence-electron chi connectivity index (χ1n) is 12.2. The van der Waals surface area contributed by atoms with Crippen molar-refractivity contribution in [2.45, 2.75) is 62.9 Å². The molecule has 9 heteroatoms. The molecule has 4 aliphatic rings. The molecule has 1 saturated heterocycles. The van der Waals surface area contributed by atoms with Crippen molar-refractivity contribution >= 4 is 17.6 Å². The third-order valence-electron chi connectivity index (χ3n) is 7.17. The Balaban J connectivity index is 1.28. The summed E-state index contributed by atoms with van der Waals surface area (Å²) in [7, 11) is 1.68. The van der Waals surface area contributed by atoms with Crippen molar-refractivity contribution in [3.05, 3.63) is 47.7 Å². The number of nitrogens with one attached hydrogen (secondary N) is 2. The Hall–Kier alpha value is -2.91. The topological polar surface area (TPSA) is 95.5 Å². The molecule has 1 unspecified atom stereocenters. The molecule has 3 heterocycles. The number of rotatable bonds is 7. The van der Waals surface area contributed by atoms with Crippen LogP contribution in [0.25, 0.3) is 0 Å². The van der Waals surface area contributed by atoms with E-state index in [-0.39, 0.29) is 24.5 Å². The van der Waals surface area contributed by atoms with E-state index in [1.807, 2.05) is 35.2 Å². The highest BCUT2D eigenvalue weighted by Gasteiger charge is 2.46. The molecule has 2 amide bonds. The number of methoxy groups -OCH3 is 1. The van der Waals surface area contributed by atoms with Crippen molar-refractivity contribution in [3.63, 3.8) is 0 Å². The minimum absolute atomic E-state index is 0.0723. The van der Waals surface area contributed by atoms with Crippen molar-refractivity contribution in [1.29, 1.82) is 0 Å². The van der Waals surface area contributed by atoms with Gasteiger partial charge < -0.3 is 19.7 Å². The van der Waals surface area contributed by atoms with Gasteiger partial charge in [-0.25, -0.2) is 10.0 Å². The van der Waals surface area contributed by atoms with Crippen molar-refractivity contribution in [1.82, 2.24) is 20.7 Å². The second-order valence-corrected chi connectivity index (χ2v) is 9.44. The van der Waals surface area contributed by atoms with Crippen LogP contribution in [0, 0.1) is 0 Å². The molecule has 5 rings (SSSR count). The SMILES string of the molecule is COC[C@H]1CCCN1C(=O)C1(OCC2=CC(=O)N3NC(c4ccccc4)=NC3N2)CCCCC1. The van der Waals surface area contributed by atoms with Crippen LogP contribution in [0.5, 0.6) is 0 Å². The van der Waals surface area contributed by atoms with Crippen LogP contribution in [0.1, 0.15) is 50.5 Å². The van der Waals surface area contributed by atoms with Crippen LogP contribution in [0.2, 0.25) is 0 Å². The highest BCUT2D eigenvalue weighted by atomic mass is 16.5. The fourth-order valence-corrected chi connectivity index (χ4v) is 5.39. The average molecular weight is 468 g/mol. The minimum Gasteiger partial charge on any atom is -0.383 e. The summed E-state index contributed by atoms with van der Waals surface area (Å²) in [6.45, 7) is 1.47. The van der Waals surface area contributed by atoms with Crippen LogP contribution < -0.4 is 10.7 Å². The minimum atomic E-state index is -0.844. The van der Waals surface area contributed by atoms with Crippen molar-refractivity contribution in [2.24, 2.45) is 4.99 Å². The van der Waals surface area contributed by atoms with Gasteiger partial charge in [-0.15, -0.1) is 0 Å². The van der Waals surface area contributed by atoms with Crippen molar-refractivity contribution in [2.75, 3.05) is 26.9 Å². The molecule has 0 bridgehead atoms. The number of hydrazine groups is 1. The van der Waals surface area contributed by atoms with Gasteiger partial charge >= 0.3 is 0 Å². The van der Waals surface area contributed by atoms with E-state index in [1.54, 1.807) is 7.11 Å². The number of ether oxygens (including phenoxy) is 2. The molecule has 1 aliphatic carbocycles. The molecule has 34 heavy (non-hydrogen) atoms. The molecule has 2 atom stereocenters. The standard InChI is InChI=1S/C25H33N5O4/c1-33-17-20-11-8-14-29(20)23(32)25(12-6-3-7-13-25)34-16-19-15-21(31)30-24(26-19)27-22(28-30)18-9-4-2-5-10-18/h2,4-5,9-10,15,20,24,26H,3,6-8,11-14,16-17H2,1H3,(H,27,28)/t20-,24?/m1/s1. The van der Waals surface area contributed by atoms with Gasteiger partial charge in [-0.3, -0.25) is 15.0 Å². The summed E-state index contributed by atoms with van der Waals surface area (Å²) in [5, 5.41) is 4.75. The van der Waals surface area contributed by atoms with Gasteiger partial charge in [0.25, 0.3) is 11.8 Å². The van der Waals surface area contributed by atoms with Crippen LogP contribution in [0.3, 0.4) is 0 Å². The first kappa shape index (κ1) is 22.9. The summed E-state index contributed by atoms with van der Waals surface area (Å²) in [6.07, 6.45) is 7.38. The fraction of sp³-hybridized carbons (Fsp3) is 0.560. The van der Waals surface area contributed by atoms with E-state index in [4.69, 9.17) is 9.47 Å². The number of carbonyl (C=O) groups excluding carboxylic acids is 2. The number of amides is 2. The number of nitrogens with zero attached hydrogens (tertiary/aromatic N) is 3. The first-order valence-corrected chi connectivity index (χ1v) is 12.2. The Morgan fingerprint density at radius 3 is 2.74 bits per heavy atom. The molecule has 0 aromatic heterocycles. The Morgan fingerprint density at radius 1 is 1.18 bits per heavy atom. The number of benzene rings is 1. The Morgan fingerprint density at radius 2 is 1.97 bits per heavy atom. The zero-order valence-electron chi connectivity index (χ0n) is 19.7. The maximum atomic E-state index is 13.7. The molecule has 3 aliphatic heterocycles. The lowest BCUT2D eigenvalue weighted by Gasteiger charge is -2.40. The smallest absolute Gasteiger partial charge is 0.270 e. The summed E-state index contributed by atoms with van der Waals surface area (Å²) < 4.78 is 11.8. The van der Waals surface area contributed by atoms with Gasteiger partial charge in [-0.05, 0) is 25.7 Å². The molecule has 0 spiro atoms. The van der Waals surface area contributed by atoms with E-state index in [0.29, 0.717) is 31.0 Å². The summed E-state index contributed by atoms with van der Waals surface area (Å²) in [5.74, 6) is 0.517. The number of fused-ring (bicyclic) bond motifs is 1. The number of hydrogen-bond donors (Lipinski definition) is 2. The van der Waals surface area contributed by atoms with Crippen molar-refractivity contribution in [3.8, 4) is 0 Å². The highest BCUT2D eigenvalue weighted by molar-refractivity contribution is 6.02. The monoisotopic (exact) mass is 467 g/mol. The van der Waals surface area contributed by atoms with Gasteiger partial charge in [0.05, 0.1) is 19.3 Å². The van der Waals surface area contributed by atoms with E-state index in [0.717, 1.165) is 44.2 Å². The van der Waals surface area contributed by atoms with Gasteiger partial charge in [0.2, 0.25) is 6.29 Å². The fourth-order valence-electron chi connectivity index (χ4n) is 5.39. The maximum Gasteiger partial charge on any atom is 0.270 e. The first-order chi connectivity index (χ1) is 16.6. The molecule has 9 nitrogen and oxygen atoms in total. The van der Waals surface area contributed by atoms with E-state index in [9.17, 15) is 9.59 Å². The van der Waals surface area contributed by atoms with Crippen molar-refractivity contribution < 1.29 is 19.1 Å². The zero-order valence-corrected chi connectivity index (χ0v) is 19.7. The predicted molar refractivity (Wildman–Crippen MR) is 126 cm³/mol.